The van der Waals surface area contributed by atoms with Crippen LogP contribution in [0, 0.1) is 0 Å². The highest BCUT2D eigenvalue weighted by Gasteiger charge is 2.12. The van der Waals surface area contributed by atoms with E-state index in [1.165, 1.54) is 5.56 Å². The van der Waals surface area contributed by atoms with Crippen LogP contribution in [0.15, 0.2) is 48.5 Å². The number of nitrogens with one attached hydrogen (secondary N) is 1. The van der Waals surface area contributed by atoms with Crippen LogP contribution in [0.4, 0.5) is 0 Å². The van der Waals surface area contributed by atoms with Crippen LogP contribution in [0.2, 0.25) is 0 Å². The van der Waals surface area contributed by atoms with E-state index in [4.69, 9.17) is 9.47 Å². The Labute approximate surface area is 137 Å². The molecule has 23 heavy (non-hydrogen) atoms. The molecule has 0 aromatic heterocycles. The Morgan fingerprint density at radius 2 is 1.83 bits per heavy atom. The van der Waals surface area contributed by atoms with Crippen LogP contribution in [0.5, 0.6) is 11.5 Å². The van der Waals surface area contributed by atoms with Crippen molar-refractivity contribution in [3.8, 4) is 11.5 Å². The Kier molecular flexibility index (Phi) is 6.03. The number of hydrogen-bond donors (Lipinski definition) is 1. The third kappa shape index (κ3) is 4.74. The molecule has 2 aromatic carbocycles. The monoisotopic (exact) mass is 313 g/mol. The third-order valence-corrected chi connectivity index (χ3v) is 3.83. The molecule has 0 saturated heterocycles. The van der Waals surface area contributed by atoms with Gasteiger partial charge in [0.1, 0.15) is 11.5 Å². The SMILES string of the molecule is COc1ccc(CNC(=O)CC(C)c2ccccc2)c(OC)c1. The molecule has 0 heterocycles. The van der Waals surface area contributed by atoms with Gasteiger partial charge in [0.15, 0.2) is 0 Å². The van der Waals surface area contributed by atoms with Gasteiger partial charge in [0, 0.05) is 24.6 Å². The molecule has 0 spiro atoms. The van der Waals surface area contributed by atoms with Gasteiger partial charge in [-0.05, 0) is 23.6 Å². The number of methoxy groups -OCH3 is 2. The van der Waals surface area contributed by atoms with E-state index in [0.29, 0.717) is 18.7 Å². The van der Waals surface area contributed by atoms with Crippen molar-refractivity contribution in [2.75, 3.05) is 14.2 Å². The zero-order valence-corrected chi connectivity index (χ0v) is 13.8. The van der Waals surface area contributed by atoms with E-state index in [0.717, 1.165) is 11.3 Å². The van der Waals surface area contributed by atoms with Crippen molar-refractivity contribution in [1.29, 1.82) is 0 Å². The molecule has 0 aliphatic rings. The van der Waals surface area contributed by atoms with Gasteiger partial charge in [-0.2, -0.15) is 0 Å². The highest BCUT2D eigenvalue weighted by molar-refractivity contribution is 5.76. The average molecular weight is 313 g/mol. The van der Waals surface area contributed by atoms with Gasteiger partial charge in [0.2, 0.25) is 5.91 Å². The largest absolute Gasteiger partial charge is 0.497 e. The van der Waals surface area contributed by atoms with E-state index in [-0.39, 0.29) is 11.8 Å². The first kappa shape index (κ1) is 16.9. The minimum atomic E-state index is 0.0271. The molecule has 122 valence electrons. The number of ether oxygens (including phenoxy) is 2. The van der Waals surface area contributed by atoms with Crippen molar-refractivity contribution in [2.45, 2.75) is 25.8 Å². The molecule has 1 amide bonds. The van der Waals surface area contributed by atoms with Crippen molar-refractivity contribution in [1.82, 2.24) is 5.32 Å². The Morgan fingerprint density at radius 3 is 2.48 bits per heavy atom. The molecule has 0 bridgehead atoms. The van der Waals surface area contributed by atoms with Crippen LogP contribution in [-0.4, -0.2) is 20.1 Å². The number of amides is 1. The molecular weight excluding hydrogens is 290 g/mol. The van der Waals surface area contributed by atoms with Crippen LogP contribution >= 0.6 is 0 Å². The van der Waals surface area contributed by atoms with E-state index in [1.807, 2.05) is 48.5 Å². The minimum absolute atomic E-state index is 0.0271. The summed E-state index contributed by atoms with van der Waals surface area (Å²) in [4.78, 5) is 12.1. The number of carbonyl (C=O) groups excluding carboxylic acids is 1. The Hall–Kier alpha value is -2.49. The molecule has 2 aromatic rings. The molecule has 0 aliphatic heterocycles. The fraction of sp³-hybridized carbons (Fsp3) is 0.316. The molecule has 1 N–H and O–H groups in total. The first-order chi connectivity index (χ1) is 11.1. The van der Waals surface area contributed by atoms with Crippen molar-refractivity contribution < 1.29 is 14.3 Å². The van der Waals surface area contributed by atoms with Gasteiger partial charge in [0.25, 0.3) is 0 Å². The molecular formula is C19H23NO3. The Bertz CT molecular complexity index is 640. The van der Waals surface area contributed by atoms with Gasteiger partial charge in [-0.25, -0.2) is 0 Å². The maximum Gasteiger partial charge on any atom is 0.220 e. The van der Waals surface area contributed by atoms with Crippen LogP contribution in [0.3, 0.4) is 0 Å². The molecule has 0 fully saturated rings. The summed E-state index contributed by atoms with van der Waals surface area (Å²) in [6.07, 6.45) is 0.461. The number of rotatable bonds is 7. The van der Waals surface area contributed by atoms with Crippen LogP contribution in [0.25, 0.3) is 0 Å². The van der Waals surface area contributed by atoms with E-state index >= 15 is 0 Å². The van der Waals surface area contributed by atoms with Gasteiger partial charge in [-0.3, -0.25) is 4.79 Å². The van der Waals surface area contributed by atoms with Crippen LogP contribution < -0.4 is 14.8 Å². The maximum atomic E-state index is 12.1. The highest BCUT2D eigenvalue weighted by Crippen LogP contribution is 2.24. The second kappa shape index (κ2) is 8.22. The van der Waals surface area contributed by atoms with Gasteiger partial charge in [0.05, 0.1) is 14.2 Å². The zero-order chi connectivity index (χ0) is 16.7. The molecule has 4 heteroatoms. The van der Waals surface area contributed by atoms with Crippen LogP contribution in [0.1, 0.15) is 30.4 Å². The standard InChI is InChI=1S/C19H23NO3/c1-14(15-7-5-4-6-8-15)11-19(21)20-13-16-9-10-17(22-2)12-18(16)23-3/h4-10,12,14H,11,13H2,1-3H3,(H,20,21). The maximum absolute atomic E-state index is 12.1. The predicted molar refractivity (Wildman–Crippen MR) is 90.9 cm³/mol. The summed E-state index contributed by atoms with van der Waals surface area (Å²) < 4.78 is 10.5. The fourth-order valence-electron chi connectivity index (χ4n) is 2.44. The molecule has 4 nitrogen and oxygen atoms in total. The zero-order valence-electron chi connectivity index (χ0n) is 13.8. The fourth-order valence-corrected chi connectivity index (χ4v) is 2.44. The van der Waals surface area contributed by atoms with E-state index in [1.54, 1.807) is 14.2 Å². The van der Waals surface area contributed by atoms with Gasteiger partial charge < -0.3 is 14.8 Å². The summed E-state index contributed by atoms with van der Waals surface area (Å²) in [5, 5.41) is 2.95. The molecule has 1 atom stereocenters. The smallest absolute Gasteiger partial charge is 0.220 e. The Morgan fingerprint density at radius 1 is 1.09 bits per heavy atom. The molecule has 1 unspecified atom stereocenters. The summed E-state index contributed by atoms with van der Waals surface area (Å²) in [5.41, 5.74) is 2.10. The van der Waals surface area contributed by atoms with Crippen molar-refractivity contribution >= 4 is 5.91 Å². The number of hydrogen-bond acceptors (Lipinski definition) is 3. The van der Waals surface area contributed by atoms with Crippen LogP contribution in [-0.2, 0) is 11.3 Å². The van der Waals surface area contributed by atoms with E-state index < -0.39 is 0 Å². The van der Waals surface area contributed by atoms with E-state index in [2.05, 4.69) is 12.2 Å². The van der Waals surface area contributed by atoms with Gasteiger partial charge >= 0.3 is 0 Å². The van der Waals surface area contributed by atoms with E-state index in [9.17, 15) is 4.79 Å². The molecule has 0 aliphatic carbocycles. The lowest BCUT2D eigenvalue weighted by Gasteiger charge is -2.14. The predicted octanol–water partition coefficient (Wildman–Crippen LogP) is 3.51. The minimum Gasteiger partial charge on any atom is -0.497 e. The van der Waals surface area contributed by atoms with Gasteiger partial charge in [-0.15, -0.1) is 0 Å². The quantitative estimate of drug-likeness (QED) is 0.851. The summed E-state index contributed by atoms with van der Waals surface area (Å²) in [6, 6.07) is 15.6. The van der Waals surface area contributed by atoms with Crippen molar-refractivity contribution in [3.63, 3.8) is 0 Å². The first-order valence-corrected chi connectivity index (χ1v) is 7.66. The topological polar surface area (TPSA) is 47.6 Å². The molecule has 0 saturated carbocycles. The summed E-state index contributed by atoms with van der Waals surface area (Å²) in [7, 11) is 3.22. The van der Waals surface area contributed by atoms with Crippen molar-refractivity contribution in [2.24, 2.45) is 0 Å². The second-order valence-electron chi connectivity index (χ2n) is 5.47. The second-order valence-corrected chi connectivity index (χ2v) is 5.47. The average Bonchev–Trinajstić information content (AvgIpc) is 2.60. The Balaban J connectivity index is 1.92. The lowest BCUT2D eigenvalue weighted by molar-refractivity contribution is -0.121. The summed E-state index contributed by atoms with van der Waals surface area (Å²) in [5.74, 6) is 1.66. The first-order valence-electron chi connectivity index (χ1n) is 7.66. The third-order valence-electron chi connectivity index (χ3n) is 3.83. The van der Waals surface area contributed by atoms with Gasteiger partial charge in [-0.1, -0.05) is 37.3 Å². The van der Waals surface area contributed by atoms with Crippen molar-refractivity contribution in [3.05, 3.63) is 59.7 Å². The lowest BCUT2D eigenvalue weighted by atomic mass is 9.97. The summed E-state index contributed by atoms with van der Waals surface area (Å²) >= 11 is 0. The molecule has 0 radical (unpaired) electrons. The normalized spacial score (nSPS) is 11.6. The number of benzene rings is 2. The number of carbonyl (C=O) groups is 1. The lowest BCUT2D eigenvalue weighted by Crippen LogP contribution is -2.24. The highest BCUT2D eigenvalue weighted by atomic mass is 16.5. The summed E-state index contributed by atoms with van der Waals surface area (Å²) in [6.45, 7) is 2.50. The molecule has 2 rings (SSSR count).